The van der Waals surface area contributed by atoms with E-state index in [2.05, 4.69) is 55.6 Å². The van der Waals surface area contributed by atoms with Crippen molar-refractivity contribution in [1.29, 1.82) is 0 Å². The summed E-state index contributed by atoms with van der Waals surface area (Å²) in [7, 11) is -4.29. The van der Waals surface area contributed by atoms with Crippen LogP contribution < -0.4 is 5.32 Å². The van der Waals surface area contributed by atoms with Crippen molar-refractivity contribution >= 4 is 16.0 Å². The molecule has 7 heteroatoms. The Morgan fingerprint density at radius 3 is 1.74 bits per heavy atom. The first-order chi connectivity index (χ1) is 18.8. The molecule has 3 N–H and O–H groups in total. The predicted octanol–water partition coefficient (Wildman–Crippen LogP) is 8.23. The van der Waals surface area contributed by atoms with Gasteiger partial charge >= 0.3 is 0 Å². The Morgan fingerprint density at radius 2 is 1.15 bits per heavy atom. The lowest BCUT2D eigenvalue weighted by Crippen LogP contribution is -2.47. The van der Waals surface area contributed by atoms with Crippen LogP contribution in [0.4, 0.5) is 0 Å². The van der Waals surface area contributed by atoms with Crippen LogP contribution in [0.15, 0.2) is 36.5 Å². The van der Waals surface area contributed by atoms with Crippen molar-refractivity contribution in [3.63, 3.8) is 0 Å². The van der Waals surface area contributed by atoms with Crippen molar-refractivity contribution in [3.8, 4) is 0 Å². The summed E-state index contributed by atoms with van der Waals surface area (Å²) < 4.78 is 32.0. The molecule has 0 bridgehead atoms. The lowest BCUT2D eigenvalue weighted by molar-refractivity contribution is -0.122. The van der Waals surface area contributed by atoms with Crippen molar-refractivity contribution in [3.05, 3.63) is 36.5 Å². The molecule has 0 aliphatic rings. The van der Waals surface area contributed by atoms with E-state index < -0.39 is 28.0 Å². The molecule has 39 heavy (non-hydrogen) atoms. The highest BCUT2D eigenvalue weighted by Crippen LogP contribution is 2.13. The Labute approximate surface area is 240 Å². The van der Waals surface area contributed by atoms with Crippen molar-refractivity contribution in [2.24, 2.45) is 0 Å². The van der Waals surface area contributed by atoms with E-state index in [9.17, 15) is 22.9 Å². The Hall–Kier alpha value is -1.44. The molecule has 228 valence electrons. The van der Waals surface area contributed by atoms with Gasteiger partial charge in [0.1, 0.15) is 0 Å². The number of amides is 1. The summed E-state index contributed by atoms with van der Waals surface area (Å²) in [5.41, 5.74) is 0. The number of unbranched alkanes of at least 4 members (excludes halogenated alkanes) is 13. The number of allylic oxidation sites excluding steroid dienone is 6. The third-order valence-electron chi connectivity index (χ3n) is 6.85. The second-order valence-corrected chi connectivity index (χ2v) is 12.2. The maximum absolute atomic E-state index is 12.3. The summed E-state index contributed by atoms with van der Waals surface area (Å²) in [6, 6.07) is -0.973. The second-order valence-electron chi connectivity index (χ2n) is 10.7. The number of aliphatic hydroxyl groups is 1. The van der Waals surface area contributed by atoms with Crippen LogP contribution in [0.2, 0.25) is 0 Å². The van der Waals surface area contributed by atoms with Gasteiger partial charge in [-0.3, -0.25) is 9.35 Å². The first kappa shape index (κ1) is 37.6. The molecule has 1 amide bonds. The predicted molar refractivity (Wildman–Crippen MR) is 165 cm³/mol. The second kappa shape index (κ2) is 26.8. The molecule has 0 aliphatic carbocycles. The first-order valence-electron chi connectivity index (χ1n) is 15.7. The van der Waals surface area contributed by atoms with Gasteiger partial charge in [0, 0.05) is 6.42 Å². The van der Waals surface area contributed by atoms with E-state index in [0.717, 1.165) is 77.0 Å². The van der Waals surface area contributed by atoms with Gasteiger partial charge in [-0.1, -0.05) is 121 Å². The van der Waals surface area contributed by atoms with Gasteiger partial charge in [0.2, 0.25) is 5.91 Å². The van der Waals surface area contributed by atoms with Gasteiger partial charge in [-0.25, -0.2) is 0 Å². The topological polar surface area (TPSA) is 104 Å². The third-order valence-corrected chi connectivity index (χ3v) is 7.63. The van der Waals surface area contributed by atoms with Crippen LogP contribution in [0.5, 0.6) is 0 Å². The van der Waals surface area contributed by atoms with E-state index in [1.807, 2.05) is 0 Å². The lowest BCUT2D eigenvalue weighted by Gasteiger charge is -2.23. The Kier molecular flexibility index (Phi) is 25.8. The number of aliphatic hydroxyl groups excluding tert-OH is 1. The molecule has 0 radical (unpaired) electrons. The van der Waals surface area contributed by atoms with Crippen molar-refractivity contribution < 1.29 is 22.9 Å². The molecule has 0 heterocycles. The number of hydrogen-bond acceptors (Lipinski definition) is 4. The third kappa shape index (κ3) is 27.9. The van der Waals surface area contributed by atoms with Crippen LogP contribution in [0.1, 0.15) is 142 Å². The van der Waals surface area contributed by atoms with Gasteiger partial charge in [0.05, 0.1) is 17.9 Å². The van der Waals surface area contributed by atoms with E-state index in [0.29, 0.717) is 12.8 Å². The maximum atomic E-state index is 12.3. The average molecular weight is 570 g/mol. The Balaban J connectivity index is 3.89. The van der Waals surface area contributed by atoms with Crippen LogP contribution >= 0.6 is 0 Å². The molecule has 0 fully saturated rings. The van der Waals surface area contributed by atoms with Gasteiger partial charge in [0.15, 0.2) is 0 Å². The quantitative estimate of drug-likeness (QED) is 0.0525. The summed E-state index contributed by atoms with van der Waals surface area (Å²) >= 11 is 0. The molecule has 0 spiro atoms. The van der Waals surface area contributed by atoms with E-state index in [-0.39, 0.29) is 5.91 Å². The SMILES string of the molecule is CCCCC/C=C\C/C=C\C/C=C\CCCCCCCCC(=O)NC(CS(=O)(=O)O)C(O)CCCCCCC. The molecule has 0 aromatic rings. The number of carbonyl (C=O) groups is 1. The molecule has 2 unspecified atom stereocenters. The molecular formula is C32H59NO5S. The van der Waals surface area contributed by atoms with Gasteiger partial charge in [-0.15, -0.1) is 0 Å². The van der Waals surface area contributed by atoms with Crippen LogP contribution in [-0.2, 0) is 14.9 Å². The van der Waals surface area contributed by atoms with Gasteiger partial charge in [-0.2, -0.15) is 8.42 Å². The summed E-state index contributed by atoms with van der Waals surface area (Å²) in [6.07, 6.45) is 32.7. The van der Waals surface area contributed by atoms with Gasteiger partial charge in [0.25, 0.3) is 10.1 Å². The molecule has 0 saturated carbocycles. The smallest absolute Gasteiger partial charge is 0.266 e. The highest BCUT2D eigenvalue weighted by Gasteiger charge is 2.25. The van der Waals surface area contributed by atoms with E-state index in [4.69, 9.17) is 0 Å². The minimum Gasteiger partial charge on any atom is -0.391 e. The highest BCUT2D eigenvalue weighted by atomic mass is 32.2. The van der Waals surface area contributed by atoms with Crippen LogP contribution in [0.3, 0.4) is 0 Å². The summed E-state index contributed by atoms with van der Waals surface area (Å²) in [6.45, 7) is 4.36. The maximum Gasteiger partial charge on any atom is 0.266 e. The number of carbonyl (C=O) groups excluding carboxylic acids is 1. The van der Waals surface area contributed by atoms with Crippen LogP contribution in [-0.4, -0.2) is 41.9 Å². The largest absolute Gasteiger partial charge is 0.391 e. The molecule has 2 atom stereocenters. The van der Waals surface area contributed by atoms with Gasteiger partial charge < -0.3 is 10.4 Å². The Bertz CT molecular complexity index is 761. The minimum absolute atomic E-state index is 0.268. The Morgan fingerprint density at radius 1 is 0.692 bits per heavy atom. The summed E-state index contributed by atoms with van der Waals surface area (Å²) in [5, 5.41) is 13.1. The van der Waals surface area contributed by atoms with Crippen molar-refractivity contribution in [1.82, 2.24) is 5.32 Å². The molecule has 0 aromatic heterocycles. The lowest BCUT2D eigenvalue weighted by atomic mass is 10.0. The molecule has 0 aromatic carbocycles. The summed E-state index contributed by atoms with van der Waals surface area (Å²) in [5.74, 6) is -0.924. The monoisotopic (exact) mass is 569 g/mol. The number of hydrogen-bond donors (Lipinski definition) is 3. The zero-order valence-electron chi connectivity index (χ0n) is 25.0. The van der Waals surface area contributed by atoms with Gasteiger partial charge in [-0.05, 0) is 51.4 Å². The van der Waals surface area contributed by atoms with Crippen molar-refractivity contribution in [2.75, 3.05) is 5.75 Å². The molecule has 6 nitrogen and oxygen atoms in total. The molecule has 0 saturated heterocycles. The highest BCUT2D eigenvalue weighted by molar-refractivity contribution is 7.85. The molecule has 0 aliphatic heterocycles. The average Bonchev–Trinajstić information content (AvgIpc) is 2.88. The minimum atomic E-state index is -4.29. The number of nitrogens with one attached hydrogen (secondary N) is 1. The normalized spacial score (nSPS) is 14.1. The zero-order chi connectivity index (χ0) is 29.0. The molecule has 0 rings (SSSR count). The summed E-state index contributed by atoms with van der Waals surface area (Å²) in [4.78, 5) is 12.3. The number of rotatable bonds is 27. The fourth-order valence-electron chi connectivity index (χ4n) is 4.46. The van der Waals surface area contributed by atoms with E-state index in [1.165, 1.54) is 38.5 Å². The fraction of sp³-hybridized carbons (Fsp3) is 0.781. The van der Waals surface area contributed by atoms with E-state index in [1.54, 1.807) is 0 Å². The molecular weight excluding hydrogens is 510 g/mol. The first-order valence-corrected chi connectivity index (χ1v) is 17.3. The van der Waals surface area contributed by atoms with Crippen LogP contribution in [0, 0.1) is 0 Å². The standard InChI is InChI=1S/C32H59NO5S/c1-3-5-7-9-10-11-12-13-14-15-16-17-18-19-20-21-22-24-26-28-32(35)33-30(29-39(36,37)38)31(34)27-25-23-8-6-4-2/h10-11,13-14,16-17,30-31,34H,3-9,12,15,18-29H2,1-2H3,(H,33,35)(H,36,37,38)/b11-10-,14-13-,17-16-. The van der Waals surface area contributed by atoms with E-state index >= 15 is 0 Å². The van der Waals surface area contributed by atoms with Crippen molar-refractivity contribution in [2.45, 2.75) is 154 Å². The van der Waals surface area contributed by atoms with Crippen LogP contribution in [0.25, 0.3) is 0 Å². The fourth-order valence-corrected chi connectivity index (χ4v) is 5.22. The zero-order valence-corrected chi connectivity index (χ0v) is 25.8.